The third-order valence-electron chi connectivity index (χ3n) is 2.95. The predicted molar refractivity (Wildman–Crippen MR) is 73.7 cm³/mol. The number of pyridine rings is 1. The normalized spacial score (nSPS) is 10.3. The number of ketones is 1. The Kier molecular flexibility index (Phi) is 3.88. The summed E-state index contributed by atoms with van der Waals surface area (Å²) in [6.07, 6.45) is 3.94. The molecule has 0 saturated carbocycles. The Labute approximate surface area is 108 Å². The summed E-state index contributed by atoms with van der Waals surface area (Å²) in [4.78, 5) is 15.7. The monoisotopic (exact) mass is 239 g/mol. The van der Waals surface area contributed by atoms with E-state index in [0.29, 0.717) is 5.56 Å². The van der Waals surface area contributed by atoms with Crippen molar-refractivity contribution in [3.05, 3.63) is 53.7 Å². The lowest BCUT2D eigenvalue weighted by Gasteiger charge is -2.04. The van der Waals surface area contributed by atoms with Crippen LogP contribution in [-0.2, 0) is 6.42 Å². The van der Waals surface area contributed by atoms with Gasteiger partial charge in [-0.05, 0) is 31.0 Å². The molecule has 0 N–H and O–H groups in total. The van der Waals surface area contributed by atoms with Crippen LogP contribution in [0.15, 0.2) is 42.6 Å². The molecular formula is C16H17NO. The Morgan fingerprint density at radius 3 is 2.50 bits per heavy atom. The molecule has 0 aliphatic carbocycles. The smallest absolute Gasteiger partial charge is 0.159 e. The summed E-state index contributed by atoms with van der Waals surface area (Å²) in [6.45, 7) is 3.75. The molecule has 18 heavy (non-hydrogen) atoms. The number of carbonyl (C=O) groups excluding carboxylic acids is 1. The van der Waals surface area contributed by atoms with E-state index in [1.54, 1.807) is 19.2 Å². The van der Waals surface area contributed by atoms with Crippen molar-refractivity contribution in [2.45, 2.75) is 26.7 Å². The Hall–Kier alpha value is -1.96. The molecule has 0 spiro atoms. The lowest BCUT2D eigenvalue weighted by atomic mass is 10.0. The van der Waals surface area contributed by atoms with Crippen LogP contribution in [-0.4, -0.2) is 10.8 Å². The maximum absolute atomic E-state index is 11.3. The van der Waals surface area contributed by atoms with Crippen molar-refractivity contribution in [1.82, 2.24) is 4.98 Å². The number of carbonyl (C=O) groups is 1. The number of aromatic nitrogens is 1. The predicted octanol–water partition coefficient (Wildman–Crippen LogP) is 3.90. The summed E-state index contributed by atoms with van der Waals surface area (Å²) in [5.41, 5.74) is 3.95. The second-order valence-corrected chi connectivity index (χ2v) is 4.43. The third-order valence-corrected chi connectivity index (χ3v) is 2.95. The highest BCUT2D eigenvalue weighted by Gasteiger charge is 2.03. The van der Waals surface area contributed by atoms with E-state index in [9.17, 15) is 4.79 Å². The van der Waals surface area contributed by atoms with Crippen molar-refractivity contribution in [2.75, 3.05) is 0 Å². The zero-order valence-corrected chi connectivity index (χ0v) is 10.8. The molecule has 1 aromatic heterocycles. The molecule has 1 heterocycles. The number of benzene rings is 1. The van der Waals surface area contributed by atoms with Crippen LogP contribution in [0.1, 0.15) is 36.2 Å². The molecule has 2 rings (SSSR count). The maximum Gasteiger partial charge on any atom is 0.159 e. The second-order valence-electron chi connectivity index (χ2n) is 4.43. The molecule has 2 nitrogen and oxygen atoms in total. The standard InChI is InChI=1S/C16H17NO/c1-3-4-13-5-7-14(8-6-13)16-11-15(12(2)18)9-10-17-16/h5-11H,3-4H2,1-2H3. The van der Waals surface area contributed by atoms with Gasteiger partial charge in [0.1, 0.15) is 0 Å². The molecule has 92 valence electrons. The molecule has 0 aliphatic heterocycles. The van der Waals surface area contributed by atoms with Gasteiger partial charge in [-0.25, -0.2) is 0 Å². The molecule has 0 atom stereocenters. The zero-order valence-electron chi connectivity index (χ0n) is 10.8. The SMILES string of the molecule is CCCc1ccc(-c2cc(C(C)=O)ccn2)cc1. The minimum Gasteiger partial charge on any atom is -0.295 e. The first-order valence-electron chi connectivity index (χ1n) is 6.27. The van der Waals surface area contributed by atoms with Gasteiger partial charge >= 0.3 is 0 Å². The van der Waals surface area contributed by atoms with E-state index in [1.165, 1.54) is 5.56 Å². The van der Waals surface area contributed by atoms with Crippen LogP contribution >= 0.6 is 0 Å². The summed E-state index contributed by atoms with van der Waals surface area (Å²) in [7, 11) is 0. The lowest BCUT2D eigenvalue weighted by Crippen LogP contribution is -1.94. The van der Waals surface area contributed by atoms with Gasteiger partial charge in [-0.3, -0.25) is 9.78 Å². The first kappa shape index (κ1) is 12.5. The molecule has 1 aromatic carbocycles. The minimum atomic E-state index is 0.0706. The van der Waals surface area contributed by atoms with E-state index in [2.05, 4.69) is 36.2 Å². The molecule has 0 aliphatic rings. The Morgan fingerprint density at radius 2 is 1.89 bits per heavy atom. The molecule has 2 heteroatoms. The van der Waals surface area contributed by atoms with Crippen molar-refractivity contribution >= 4 is 5.78 Å². The van der Waals surface area contributed by atoms with Crippen LogP contribution in [0.4, 0.5) is 0 Å². The summed E-state index contributed by atoms with van der Waals surface area (Å²) in [5.74, 6) is 0.0706. The first-order chi connectivity index (χ1) is 8.70. The van der Waals surface area contributed by atoms with Crippen LogP contribution in [0.5, 0.6) is 0 Å². The van der Waals surface area contributed by atoms with Gasteiger partial charge in [-0.15, -0.1) is 0 Å². The van der Waals surface area contributed by atoms with E-state index in [-0.39, 0.29) is 5.78 Å². The molecular weight excluding hydrogens is 222 g/mol. The number of hydrogen-bond acceptors (Lipinski definition) is 2. The van der Waals surface area contributed by atoms with Gasteiger partial charge in [0.05, 0.1) is 5.69 Å². The van der Waals surface area contributed by atoms with Gasteiger partial charge < -0.3 is 0 Å². The summed E-state index contributed by atoms with van der Waals surface area (Å²) in [6, 6.07) is 12.0. The van der Waals surface area contributed by atoms with Crippen molar-refractivity contribution in [3.63, 3.8) is 0 Å². The summed E-state index contributed by atoms with van der Waals surface area (Å²) >= 11 is 0. The van der Waals surface area contributed by atoms with E-state index >= 15 is 0 Å². The summed E-state index contributed by atoms with van der Waals surface area (Å²) < 4.78 is 0. The van der Waals surface area contributed by atoms with E-state index < -0.39 is 0 Å². The average Bonchev–Trinajstić information content (AvgIpc) is 2.40. The number of Topliss-reactive ketones (excluding diaryl/α,β-unsaturated/α-hetero) is 1. The Balaban J connectivity index is 2.30. The van der Waals surface area contributed by atoms with Crippen LogP contribution in [0.2, 0.25) is 0 Å². The fourth-order valence-electron chi connectivity index (χ4n) is 1.94. The fraction of sp³-hybridized carbons (Fsp3) is 0.250. The topological polar surface area (TPSA) is 30.0 Å². The van der Waals surface area contributed by atoms with Crippen LogP contribution < -0.4 is 0 Å². The van der Waals surface area contributed by atoms with Crippen LogP contribution in [0, 0.1) is 0 Å². The number of hydrogen-bond donors (Lipinski definition) is 0. The van der Waals surface area contributed by atoms with Gasteiger partial charge in [0.2, 0.25) is 0 Å². The van der Waals surface area contributed by atoms with Gasteiger partial charge in [-0.2, -0.15) is 0 Å². The first-order valence-corrected chi connectivity index (χ1v) is 6.27. The van der Waals surface area contributed by atoms with Crippen molar-refractivity contribution < 1.29 is 4.79 Å². The van der Waals surface area contributed by atoms with E-state index in [0.717, 1.165) is 24.1 Å². The number of nitrogens with zero attached hydrogens (tertiary/aromatic N) is 1. The molecule has 0 saturated heterocycles. The number of rotatable bonds is 4. The Bertz CT molecular complexity index is 543. The fourth-order valence-corrected chi connectivity index (χ4v) is 1.94. The van der Waals surface area contributed by atoms with Crippen molar-refractivity contribution in [3.8, 4) is 11.3 Å². The molecule has 0 radical (unpaired) electrons. The van der Waals surface area contributed by atoms with Gasteiger partial charge in [0.25, 0.3) is 0 Å². The van der Waals surface area contributed by atoms with Gasteiger partial charge in [-0.1, -0.05) is 37.6 Å². The van der Waals surface area contributed by atoms with E-state index in [1.807, 2.05) is 6.07 Å². The zero-order chi connectivity index (χ0) is 13.0. The minimum absolute atomic E-state index is 0.0706. The lowest BCUT2D eigenvalue weighted by molar-refractivity contribution is 0.101. The highest BCUT2D eigenvalue weighted by molar-refractivity contribution is 5.94. The van der Waals surface area contributed by atoms with E-state index in [4.69, 9.17) is 0 Å². The van der Waals surface area contributed by atoms with Crippen molar-refractivity contribution in [1.29, 1.82) is 0 Å². The molecule has 0 bridgehead atoms. The molecule has 2 aromatic rings. The highest BCUT2D eigenvalue weighted by atomic mass is 16.1. The quantitative estimate of drug-likeness (QED) is 0.757. The summed E-state index contributed by atoms with van der Waals surface area (Å²) in [5, 5.41) is 0. The molecule has 0 fully saturated rings. The average molecular weight is 239 g/mol. The second kappa shape index (κ2) is 5.58. The van der Waals surface area contributed by atoms with Crippen LogP contribution in [0.3, 0.4) is 0 Å². The largest absolute Gasteiger partial charge is 0.295 e. The Morgan fingerprint density at radius 1 is 1.17 bits per heavy atom. The number of aryl methyl sites for hydroxylation is 1. The van der Waals surface area contributed by atoms with Crippen LogP contribution in [0.25, 0.3) is 11.3 Å². The van der Waals surface area contributed by atoms with Crippen molar-refractivity contribution in [2.24, 2.45) is 0 Å². The third kappa shape index (κ3) is 2.83. The van der Waals surface area contributed by atoms with Gasteiger partial charge in [0, 0.05) is 17.3 Å². The molecule has 0 unspecified atom stereocenters. The maximum atomic E-state index is 11.3. The van der Waals surface area contributed by atoms with Gasteiger partial charge in [0.15, 0.2) is 5.78 Å². The highest BCUT2D eigenvalue weighted by Crippen LogP contribution is 2.19. The molecule has 0 amide bonds.